The number of pyridine rings is 1. The van der Waals surface area contributed by atoms with E-state index < -0.39 is 0 Å². The van der Waals surface area contributed by atoms with Crippen LogP contribution in [0.5, 0.6) is 0 Å². The molecule has 2 saturated heterocycles. The summed E-state index contributed by atoms with van der Waals surface area (Å²) in [5, 5.41) is 3.38. The second-order valence-electron chi connectivity index (χ2n) is 7.29. The fraction of sp³-hybridized carbons (Fsp3) is 0.700. The Bertz CT molecular complexity index is 531. The number of aromatic nitrogens is 1. The average molecular weight is 345 g/mol. The molecule has 1 aromatic heterocycles. The normalized spacial score (nSPS) is 19.5. The zero-order chi connectivity index (χ0) is 17.5. The van der Waals surface area contributed by atoms with E-state index in [2.05, 4.69) is 27.0 Å². The summed E-state index contributed by atoms with van der Waals surface area (Å²) in [7, 11) is 0. The molecule has 0 bridgehead atoms. The molecule has 2 aliphatic heterocycles. The van der Waals surface area contributed by atoms with Gasteiger partial charge in [0.25, 0.3) is 5.91 Å². The van der Waals surface area contributed by atoms with E-state index in [4.69, 9.17) is 0 Å². The van der Waals surface area contributed by atoms with Crippen molar-refractivity contribution in [3.8, 4) is 0 Å². The summed E-state index contributed by atoms with van der Waals surface area (Å²) in [5.41, 5.74) is 0.727. The number of carbonyl (C=O) groups excluding carboxylic acids is 1. The van der Waals surface area contributed by atoms with Crippen LogP contribution >= 0.6 is 0 Å². The van der Waals surface area contributed by atoms with Gasteiger partial charge in [-0.2, -0.15) is 0 Å². The van der Waals surface area contributed by atoms with E-state index in [9.17, 15) is 4.79 Å². The number of amides is 1. The number of rotatable bonds is 5. The van der Waals surface area contributed by atoms with Gasteiger partial charge in [-0.15, -0.1) is 0 Å². The van der Waals surface area contributed by atoms with E-state index in [-0.39, 0.29) is 5.91 Å². The second kappa shape index (κ2) is 9.18. The van der Waals surface area contributed by atoms with Crippen LogP contribution < -0.4 is 10.2 Å². The third-order valence-electron chi connectivity index (χ3n) is 5.40. The van der Waals surface area contributed by atoms with Crippen LogP contribution in [0.4, 0.5) is 5.82 Å². The predicted molar refractivity (Wildman–Crippen MR) is 102 cm³/mol. The van der Waals surface area contributed by atoms with E-state index in [1.807, 2.05) is 12.1 Å². The van der Waals surface area contributed by atoms with Gasteiger partial charge in [0.15, 0.2) is 0 Å². The van der Waals surface area contributed by atoms with Gasteiger partial charge in [0.2, 0.25) is 0 Å². The first-order valence-electron chi connectivity index (χ1n) is 10.0. The maximum atomic E-state index is 13.0. The molecule has 0 saturated carbocycles. The van der Waals surface area contributed by atoms with Crippen LogP contribution in [0.25, 0.3) is 0 Å². The molecule has 2 fully saturated rings. The molecular formula is C20H32N4O. The van der Waals surface area contributed by atoms with Crippen molar-refractivity contribution in [1.82, 2.24) is 15.2 Å². The van der Waals surface area contributed by atoms with Crippen molar-refractivity contribution in [2.75, 3.05) is 37.6 Å². The van der Waals surface area contributed by atoms with Crippen molar-refractivity contribution in [3.63, 3.8) is 0 Å². The third-order valence-corrected chi connectivity index (χ3v) is 5.40. The van der Waals surface area contributed by atoms with Crippen LogP contribution in [0.1, 0.15) is 62.2 Å². The minimum Gasteiger partial charge on any atom is -0.357 e. The molecule has 0 atom stereocenters. The summed E-state index contributed by atoms with van der Waals surface area (Å²) in [6, 6.07) is 4.36. The zero-order valence-electron chi connectivity index (χ0n) is 15.5. The van der Waals surface area contributed by atoms with Gasteiger partial charge in [-0.05, 0) is 57.3 Å². The Hall–Kier alpha value is -1.62. The lowest BCUT2D eigenvalue weighted by Crippen LogP contribution is -2.46. The monoisotopic (exact) mass is 344 g/mol. The van der Waals surface area contributed by atoms with Crippen molar-refractivity contribution in [3.05, 3.63) is 23.9 Å². The number of nitrogens with one attached hydrogen (secondary N) is 1. The number of piperidine rings is 1. The topological polar surface area (TPSA) is 48.5 Å². The number of hydrogen-bond acceptors (Lipinski definition) is 4. The molecule has 5 heteroatoms. The van der Waals surface area contributed by atoms with E-state index >= 15 is 0 Å². The smallest absolute Gasteiger partial charge is 0.255 e. The number of anilines is 1. The Morgan fingerprint density at radius 2 is 1.92 bits per heavy atom. The molecule has 3 rings (SSSR count). The SMILES string of the molecule is CCCN(C(=O)c1ccc(N2CCCCCC2)nc1)C1CCNCC1. The highest BCUT2D eigenvalue weighted by atomic mass is 16.2. The summed E-state index contributed by atoms with van der Waals surface area (Å²) in [5.74, 6) is 1.16. The lowest BCUT2D eigenvalue weighted by molar-refractivity contribution is 0.0642. The van der Waals surface area contributed by atoms with Crippen LogP contribution in [0.3, 0.4) is 0 Å². The van der Waals surface area contributed by atoms with Crippen LogP contribution in [0.15, 0.2) is 18.3 Å². The Morgan fingerprint density at radius 1 is 1.20 bits per heavy atom. The lowest BCUT2D eigenvalue weighted by Gasteiger charge is -2.34. The zero-order valence-corrected chi connectivity index (χ0v) is 15.5. The highest BCUT2D eigenvalue weighted by Crippen LogP contribution is 2.20. The molecule has 1 aromatic rings. The predicted octanol–water partition coefficient (Wildman–Crippen LogP) is 3.07. The Kier molecular flexibility index (Phi) is 6.68. The van der Waals surface area contributed by atoms with Gasteiger partial charge in [-0.3, -0.25) is 4.79 Å². The Labute approximate surface area is 151 Å². The highest BCUT2D eigenvalue weighted by Gasteiger charge is 2.25. The maximum absolute atomic E-state index is 13.0. The van der Waals surface area contributed by atoms with E-state index in [1.165, 1.54) is 25.7 Å². The summed E-state index contributed by atoms with van der Waals surface area (Å²) < 4.78 is 0. The van der Waals surface area contributed by atoms with Crippen LogP contribution in [-0.2, 0) is 0 Å². The summed E-state index contributed by atoms with van der Waals surface area (Å²) in [6.07, 6.45) is 9.98. The number of nitrogens with zero attached hydrogens (tertiary/aromatic N) is 3. The van der Waals surface area contributed by atoms with Crippen molar-refractivity contribution in [2.24, 2.45) is 0 Å². The van der Waals surface area contributed by atoms with Gasteiger partial charge in [0, 0.05) is 31.9 Å². The Morgan fingerprint density at radius 3 is 2.52 bits per heavy atom. The summed E-state index contributed by atoms with van der Waals surface area (Å²) >= 11 is 0. The highest BCUT2D eigenvalue weighted by molar-refractivity contribution is 5.94. The molecule has 1 N–H and O–H groups in total. The number of hydrogen-bond donors (Lipinski definition) is 1. The van der Waals surface area contributed by atoms with E-state index in [1.54, 1.807) is 6.20 Å². The van der Waals surface area contributed by atoms with Crippen LogP contribution in [-0.4, -0.2) is 54.6 Å². The molecule has 3 heterocycles. The fourth-order valence-corrected chi connectivity index (χ4v) is 3.97. The molecule has 0 unspecified atom stereocenters. The first-order valence-corrected chi connectivity index (χ1v) is 10.0. The van der Waals surface area contributed by atoms with Gasteiger partial charge >= 0.3 is 0 Å². The summed E-state index contributed by atoms with van der Waals surface area (Å²) in [6.45, 7) is 7.14. The minimum absolute atomic E-state index is 0.142. The van der Waals surface area contributed by atoms with Crippen molar-refractivity contribution in [1.29, 1.82) is 0 Å². The van der Waals surface area contributed by atoms with Gasteiger partial charge in [0.1, 0.15) is 5.82 Å². The Balaban J connectivity index is 1.69. The quantitative estimate of drug-likeness (QED) is 0.892. The lowest BCUT2D eigenvalue weighted by atomic mass is 10.0. The number of carbonyl (C=O) groups is 1. The summed E-state index contributed by atoms with van der Waals surface area (Å²) in [4.78, 5) is 22.1. The molecule has 0 spiro atoms. The maximum Gasteiger partial charge on any atom is 0.255 e. The van der Waals surface area contributed by atoms with Crippen molar-refractivity contribution >= 4 is 11.7 Å². The van der Waals surface area contributed by atoms with E-state index in [0.29, 0.717) is 6.04 Å². The standard InChI is InChI=1S/C20H32N4O/c1-2-13-24(18-9-11-21-12-10-18)20(25)17-7-8-19(22-16-17)23-14-5-3-4-6-15-23/h7-8,16,18,21H,2-6,9-15H2,1H3. The molecule has 0 aliphatic carbocycles. The second-order valence-corrected chi connectivity index (χ2v) is 7.29. The molecule has 0 radical (unpaired) electrons. The molecule has 25 heavy (non-hydrogen) atoms. The van der Waals surface area contributed by atoms with Crippen molar-refractivity contribution < 1.29 is 4.79 Å². The van der Waals surface area contributed by atoms with Crippen LogP contribution in [0, 0.1) is 0 Å². The largest absolute Gasteiger partial charge is 0.357 e. The third kappa shape index (κ3) is 4.72. The molecule has 1 amide bonds. The molecule has 0 aromatic carbocycles. The molecular weight excluding hydrogens is 312 g/mol. The molecule has 5 nitrogen and oxygen atoms in total. The first kappa shape index (κ1) is 18.2. The van der Waals surface area contributed by atoms with E-state index in [0.717, 1.165) is 63.4 Å². The van der Waals surface area contributed by atoms with Gasteiger partial charge in [-0.1, -0.05) is 19.8 Å². The molecule has 138 valence electrons. The van der Waals surface area contributed by atoms with Crippen LogP contribution in [0.2, 0.25) is 0 Å². The minimum atomic E-state index is 0.142. The first-order chi connectivity index (χ1) is 12.3. The van der Waals surface area contributed by atoms with Crippen molar-refractivity contribution in [2.45, 2.75) is 57.9 Å². The average Bonchev–Trinajstić information content (AvgIpc) is 2.96. The van der Waals surface area contributed by atoms with Gasteiger partial charge in [-0.25, -0.2) is 4.98 Å². The van der Waals surface area contributed by atoms with Gasteiger partial charge in [0.05, 0.1) is 5.56 Å². The van der Waals surface area contributed by atoms with Gasteiger partial charge < -0.3 is 15.1 Å². The molecule has 2 aliphatic rings. The fourth-order valence-electron chi connectivity index (χ4n) is 3.97.